The molecule has 4 rings (SSSR count). The lowest BCUT2D eigenvalue weighted by molar-refractivity contribution is -0.137. The molecule has 0 radical (unpaired) electrons. The van der Waals surface area contributed by atoms with Crippen LogP contribution in [0.4, 0.5) is 23.2 Å². The molecule has 0 atom stereocenters. The number of sulfonamides is 1. The van der Waals surface area contributed by atoms with Crippen LogP contribution in [0.3, 0.4) is 0 Å². The van der Waals surface area contributed by atoms with Crippen molar-refractivity contribution in [3.63, 3.8) is 0 Å². The molecule has 1 aliphatic rings. The minimum Gasteiger partial charge on any atom is -0.494 e. The molecule has 12 heteroatoms. The molecule has 1 aliphatic heterocycles. The Balaban J connectivity index is 2.03. The number of ether oxygens (including phenoxy) is 2. The number of fused-ring (bicyclic) bond motifs is 6. The fraction of sp³-hybridized carbons (Fsp3) is 0.136. The highest BCUT2D eigenvalue weighted by Crippen LogP contribution is 2.39. The van der Waals surface area contributed by atoms with E-state index in [0.29, 0.717) is 6.07 Å². The van der Waals surface area contributed by atoms with Gasteiger partial charge in [0.05, 0.1) is 28.9 Å². The summed E-state index contributed by atoms with van der Waals surface area (Å²) in [6, 6.07) is 7.81. The zero-order valence-corrected chi connectivity index (χ0v) is 18.7. The summed E-state index contributed by atoms with van der Waals surface area (Å²) in [7, 11) is -3.46. The molecule has 1 N–H and O–H groups in total. The van der Waals surface area contributed by atoms with Gasteiger partial charge in [-0.25, -0.2) is 17.6 Å². The number of alkyl halides is 3. The van der Waals surface area contributed by atoms with Crippen molar-refractivity contribution < 1.29 is 40.2 Å². The Morgan fingerprint density at radius 1 is 1.06 bits per heavy atom. The Morgan fingerprint density at radius 3 is 2.47 bits per heavy atom. The topological polar surface area (TPSA) is 81.7 Å². The van der Waals surface area contributed by atoms with Gasteiger partial charge in [-0.1, -0.05) is 17.7 Å². The number of hydrogen-bond acceptors (Lipinski definition) is 5. The molecular weight excluding hydrogens is 502 g/mol. The van der Waals surface area contributed by atoms with Crippen molar-refractivity contribution in [2.24, 2.45) is 0 Å². The van der Waals surface area contributed by atoms with Crippen molar-refractivity contribution >= 4 is 33.3 Å². The van der Waals surface area contributed by atoms with Crippen LogP contribution in [0.5, 0.6) is 5.75 Å². The summed E-state index contributed by atoms with van der Waals surface area (Å²) < 4.78 is 93.5. The maximum Gasteiger partial charge on any atom is 0.416 e. The average molecular weight is 516 g/mol. The third-order valence-corrected chi connectivity index (χ3v) is 6.66. The molecule has 0 fully saturated rings. The summed E-state index contributed by atoms with van der Waals surface area (Å²) in [6.07, 6.45) is -4.84. The molecule has 3 aromatic carbocycles. The molecule has 3 aromatic rings. The summed E-state index contributed by atoms with van der Waals surface area (Å²) in [4.78, 5) is 12.0. The van der Waals surface area contributed by atoms with Gasteiger partial charge in [0.15, 0.2) is 5.75 Å². The largest absolute Gasteiger partial charge is 0.494 e. The molecule has 6 nitrogen and oxygen atoms in total. The van der Waals surface area contributed by atoms with Crippen LogP contribution in [0.15, 0.2) is 53.4 Å². The van der Waals surface area contributed by atoms with Gasteiger partial charge in [-0.05, 0) is 59.2 Å². The van der Waals surface area contributed by atoms with Gasteiger partial charge in [-0.2, -0.15) is 13.2 Å². The van der Waals surface area contributed by atoms with Gasteiger partial charge in [-0.15, -0.1) is 0 Å². The zero-order chi connectivity index (χ0) is 24.8. The number of halogens is 5. The van der Waals surface area contributed by atoms with Crippen LogP contribution in [0.1, 0.15) is 21.5 Å². The average Bonchev–Trinajstić information content (AvgIpc) is 2.76. The smallest absolute Gasteiger partial charge is 0.416 e. The fourth-order valence-corrected chi connectivity index (χ4v) is 5.08. The van der Waals surface area contributed by atoms with E-state index >= 15 is 0 Å². The van der Waals surface area contributed by atoms with E-state index in [-0.39, 0.29) is 33.0 Å². The van der Waals surface area contributed by atoms with Crippen molar-refractivity contribution in [2.75, 3.05) is 11.8 Å². The number of carbonyl (C=O) groups is 1. The molecule has 1 heterocycles. The molecule has 0 saturated heterocycles. The first-order chi connectivity index (χ1) is 15.9. The lowest BCUT2D eigenvalue weighted by Gasteiger charge is -2.16. The molecule has 0 aliphatic carbocycles. The number of rotatable bonds is 1. The fourth-order valence-electron chi connectivity index (χ4n) is 3.47. The first-order valence-electron chi connectivity index (χ1n) is 9.47. The van der Waals surface area contributed by atoms with E-state index in [0.717, 1.165) is 43.5 Å². The Morgan fingerprint density at radius 2 is 1.79 bits per heavy atom. The van der Waals surface area contributed by atoms with Gasteiger partial charge in [-0.3, -0.25) is 4.72 Å². The molecule has 178 valence electrons. The maximum absolute atomic E-state index is 14.0. The van der Waals surface area contributed by atoms with Gasteiger partial charge < -0.3 is 9.47 Å². The number of methoxy groups -OCH3 is 1. The third-order valence-electron chi connectivity index (χ3n) is 4.99. The highest BCUT2D eigenvalue weighted by Gasteiger charge is 2.33. The van der Waals surface area contributed by atoms with Gasteiger partial charge >= 0.3 is 12.1 Å². The van der Waals surface area contributed by atoms with E-state index in [9.17, 15) is 30.8 Å². The lowest BCUT2D eigenvalue weighted by Crippen LogP contribution is -2.16. The van der Waals surface area contributed by atoms with E-state index in [4.69, 9.17) is 21.1 Å². The predicted molar refractivity (Wildman–Crippen MR) is 115 cm³/mol. The first kappa shape index (κ1) is 23.8. The van der Waals surface area contributed by atoms with E-state index in [1.807, 2.05) is 0 Å². The molecule has 0 unspecified atom stereocenters. The second-order valence-electron chi connectivity index (χ2n) is 7.27. The zero-order valence-electron chi connectivity index (χ0n) is 17.2. The van der Waals surface area contributed by atoms with Gasteiger partial charge in [0.1, 0.15) is 17.3 Å². The summed E-state index contributed by atoms with van der Waals surface area (Å²) in [5.74, 6) is -2.03. The molecule has 0 saturated carbocycles. The van der Waals surface area contributed by atoms with Crippen molar-refractivity contribution in [3.05, 3.63) is 76.1 Å². The summed E-state index contributed by atoms with van der Waals surface area (Å²) in [6.45, 7) is -0.431. The molecule has 0 amide bonds. The lowest BCUT2D eigenvalue weighted by atomic mass is 9.97. The standard InChI is InChI=1S/C22H14ClF4NO5S/c1-32-20-18(23)6-13-7-19(20)34(30,31)28-16-5-12(4-14(8-16)22(25,26)27)17-9-15(24)3-2-11(17)10-33-21(13)29/h2-9,28H,10H2,1H3. The van der Waals surface area contributed by atoms with Gasteiger partial charge in [0.25, 0.3) is 10.0 Å². The van der Waals surface area contributed by atoms with Crippen LogP contribution >= 0.6 is 11.6 Å². The Bertz CT molecular complexity index is 1420. The molecule has 0 spiro atoms. The molecule has 0 aromatic heterocycles. The van der Waals surface area contributed by atoms with Crippen molar-refractivity contribution in [1.82, 2.24) is 0 Å². The maximum atomic E-state index is 14.0. The number of esters is 1. The number of cyclic esters (lactones) is 1. The first-order valence-corrected chi connectivity index (χ1v) is 11.3. The summed E-state index contributed by atoms with van der Waals surface area (Å²) in [5.41, 5.74) is -1.83. The Kier molecular flexibility index (Phi) is 5.94. The third kappa shape index (κ3) is 4.53. The minimum atomic E-state index is -4.84. The number of nitrogens with one attached hydrogen (secondary N) is 1. The van der Waals surface area contributed by atoms with Crippen LogP contribution in [0.2, 0.25) is 5.02 Å². The monoisotopic (exact) mass is 515 g/mol. The highest BCUT2D eigenvalue weighted by atomic mass is 35.5. The van der Waals surface area contributed by atoms with Crippen LogP contribution in [-0.4, -0.2) is 21.5 Å². The number of anilines is 1. The van der Waals surface area contributed by atoms with Gasteiger partial charge in [0.2, 0.25) is 0 Å². The second kappa shape index (κ2) is 8.48. The van der Waals surface area contributed by atoms with Crippen LogP contribution in [-0.2, 0) is 27.5 Å². The van der Waals surface area contributed by atoms with Crippen molar-refractivity contribution in [2.45, 2.75) is 17.7 Å². The van der Waals surface area contributed by atoms with Crippen molar-refractivity contribution in [3.8, 4) is 16.9 Å². The molecule has 4 bridgehead atoms. The Hall–Kier alpha value is -3.31. The number of benzene rings is 3. The summed E-state index contributed by atoms with van der Waals surface area (Å²) >= 11 is 6.10. The van der Waals surface area contributed by atoms with E-state index in [1.165, 1.54) is 6.07 Å². The predicted octanol–water partition coefficient (Wildman–Crippen LogP) is 5.64. The van der Waals surface area contributed by atoms with E-state index in [2.05, 4.69) is 4.72 Å². The summed E-state index contributed by atoms with van der Waals surface area (Å²) in [5, 5.41) is -0.237. The van der Waals surface area contributed by atoms with Crippen LogP contribution < -0.4 is 9.46 Å². The normalized spacial score (nSPS) is 15.1. The Labute approximate surface area is 196 Å². The number of hydrogen-bond donors (Lipinski definition) is 1. The second-order valence-corrected chi connectivity index (χ2v) is 9.33. The van der Waals surface area contributed by atoms with Gasteiger partial charge in [0, 0.05) is 0 Å². The quantitative estimate of drug-likeness (QED) is 0.335. The number of carbonyl (C=O) groups excluding carboxylic acids is 1. The SMILES string of the molecule is COc1c(Cl)cc2cc1S(=O)(=O)Nc1cc(cc(C(F)(F)F)c1)-c1cc(F)ccc1COC2=O. The van der Waals surface area contributed by atoms with Crippen molar-refractivity contribution in [1.29, 1.82) is 0 Å². The van der Waals surface area contributed by atoms with E-state index < -0.39 is 50.7 Å². The van der Waals surface area contributed by atoms with E-state index in [1.54, 1.807) is 0 Å². The highest BCUT2D eigenvalue weighted by molar-refractivity contribution is 7.92. The minimum absolute atomic E-state index is 0.0130. The molecular formula is C22H14ClF4NO5S. The van der Waals surface area contributed by atoms with Crippen LogP contribution in [0.25, 0.3) is 11.1 Å². The molecule has 34 heavy (non-hydrogen) atoms. The van der Waals surface area contributed by atoms with Crippen LogP contribution in [0, 0.1) is 5.82 Å².